The Labute approximate surface area is 203 Å². The second-order valence-electron chi connectivity index (χ2n) is 7.87. The van der Waals surface area contributed by atoms with Crippen LogP contribution in [-0.2, 0) is 11.3 Å². The van der Waals surface area contributed by atoms with Gasteiger partial charge >= 0.3 is 5.97 Å². The molecule has 4 nitrogen and oxygen atoms in total. The Kier molecular flexibility index (Phi) is 7.41. The van der Waals surface area contributed by atoms with Crippen molar-refractivity contribution in [2.45, 2.75) is 19.6 Å². The van der Waals surface area contributed by atoms with E-state index in [1.165, 1.54) is 0 Å². The molecule has 0 aromatic heterocycles. The molecule has 34 heavy (non-hydrogen) atoms. The molecule has 0 aliphatic heterocycles. The van der Waals surface area contributed by atoms with Crippen LogP contribution in [-0.4, -0.2) is 11.8 Å². The minimum atomic E-state index is -1.09. The van der Waals surface area contributed by atoms with Crippen LogP contribution >= 0.6 is 11.6 Å². The monoisotopic (exact) mass is 470 g/mol. The van der Waals surface area contributed by atoms with Crippen molar-refractivity contribution < 1.29 is 19.1 Å². The number of carbonyl (C=O) groups is 2. The van der Waals surface area contributed by atoms with Gasteiger partial charge < -0.3 is 9.47 Å². The number of hydrogen-bond acceptors (Lipinski definition) is 4. The van der Waals surface area contributed by atoms with E-state index in [1.54, 1.807) is 72.8 Å². The lowest BCUT2D eigenvalue weighted by atomic mass is 9.99. The molecule has 1 atom stereocenters. The summed E-state index contributed by atoms with van der Waals surface area (Å²) < 4.78 is 11.5. The predicted molar refractivity (Wildman–Crippen MR) is 132 cm³/mol. The van der Waals surface area contributed by atoms with Gasteiger partial charge in [-0.1, -0.05) is 83.9 Å². The van der Waals surface area contributed by atoms with Crippen molar-refractivity contribution >= 4 is 23.4 Å². The summed E-state index contributed by atoms with van der Waals surface area (Å²) in [5.74, 6) is -0.117. The molecule has 0 saturated carbocycles. The number of esters is 1. The minimum absolute atomic E-state index is 0.306. The fourth-order valence-corrected chi connectivity index (χ4v) is 3.50. The second-order valence-corrected chi connectivity index (χ2v) is 8.30. The van der Waals surface area contributed by atoms with Crippen LogP contribution in [0.3, 0.4) is 0 Å². The molecule has 0 bridgehead atoms. The molecule has 5 heteroatoms. The van der Waals surface area contributed by atoms with Crippen molar-refractivity contribution in [3.8, 4) is 5.75 Å². The maximum atomic E-state index is 13.2. The van der Waals surface area contributed by atoms with Gasteiger partial charge in [0.15, 0.2) is 6.10 Å². The Balaban J connectivity index is 1.47. The highest BCUT2D eigenvalue weighted by Gasteiger charge is 2.26. The first-order valence-electron chi connectivity index (χ1n) is 10.8. The Bertz CT molecular complexity index is 1250. The molecule has 170 valence electrons. The maximum absolute atomic E-state index is 13.2. The van der Waals surface area contributed by atoms with Crippen LogP contribution in [0.15, 0.2) is 103 Å². The highest BCUT2D eigenvalue weighted by Crippen LogP contribution is 2.26. The summed E-state index contributed by atoms with van der Waals surface area (Å²) in [7, 11) is 0. The first-order valence-corrected chi connectivity index (χ1v) is 11.2. The first kappa shape index (κ1) is 23.3. The minimum Gasteiger partial charge on any atom is -0.489 e. The van der Waals surface area contributed by atoms with E-state index in [0.29, 0.717) is 28.3 Å². The van der Waals surface area contributed by atoms with Crippen LogP contribution in [0.1, 0.15) is 43.5 Å². The zero-order valence-electron chi connectivity index (χ0n) is 18.6. The third-order valence-corrected chi connectivity index (χ3v) is 5.56. The third-order valence-electron chi connectivity index (χ3n) is 5.31. The van der Waals surface area contributed by atoms with Crippen LogP contribution in [0.5, 0.6) is 5.75 Å². The number of ketones is 1. The summed E-state index contributed by atoms with van der Waals surface area (Å²) in [4.78, 5) is 26.1. The molecule has 4 aromatic rings. The Hall–Kier alpha value is -3.89. The van der Waals surface area contributed by atoms with E-state index in [2.05, 4.69) is 0 Å². The molecule has 0 amide bonds. The summed E-state index contributed by atoms with van der Waals surface area (Å²) in [6.07, 6.45) is -1.09. The summed E-state index contributed by atoms with van der Waals surface area (Å²) in [6, 6.07) is 30.2. The van der Waals surface area contributed by atoms with Gasteiger partial charge in [-0.2, -0.15) is 0 Å². The van der Waals surface area contributed by atoms with Gasteiger partial charge in [0.1, 0.15) is 12.4 Å². The van der Waals surface area contributed by atoms with Crippen molar-refractivity contribution in [2.75, 3.05) is 0 Å². The molecule has 0 fully saturated rings. The van der Waals surface area contributed by atoms with Gasteiger partial charge in [0.05, 0.1) is 5.56 Å². The molecule has 0 saturated heterocycles. The standard InChI is InChI=1S/C29H23ClO4/c1-20-7-17-26(18-8-20)33-19-21-9-11-24(12-10-21)29(32)34-28(23-13-15-25(30)16-14-23)27(31)22-5-3-2-4-6-22/h2-18,28H,19H2,1H3/t28-/m0/s1. The smallest absolute Gasteiger partial charge is 0.339 e. The maximum Gasteiger partial charge on any atom is 0.339 e. The topological polar surface area (TPSA) is 52.6 Å². The molecule has 4 rings (SSSR count). The molecule has 0 spiro atoms. The number of ether oxygens (including phenoxy) is 2. The van der Waals surface area contributed by atoms with Gasteiger partial charge in [-0.15, -0.1) is 0 Å². The van der Waals surface area contributed by atoms with E-state index < -0.39 is 12.1 Å². The lowest BCUT2D eigenvalue weighted by molar-refractivity contribution is 0.0280. The van der Waals surface area contributed by atoms with Crippen LogP contribution in [0.2, 0.25) is 5.02 Å². The number of halogens is 1. The molecule has 0 unspecified atom stereocenters. The average molecular weight is 471 g/mol. The largest absolute Gasteiger partial charge is 0.489 e. The molecular formula is C29H23ClO4. The van der Waals surface area contributed by atoms with E-state index in [-0.39, 0.29) is 5.78 Å². The Morgan fingerprint density at radius 3 is 2.06 bits per heavy atom. The normalized spacial score (nSPS) is 11.5. The molecular weight excluding hydrogens is 448 g/mol. The zero-order chi connectivity index (χ0) is 23.9. The van der Waals surface area contributed by atoms with Crippen molar-refractivity contribution in [1.29, 1.82) is 0 Å². The number of benzene rings is 4. The first-order chi connectivity index (χ1) is 16.5. The number of Topliss-reactive ketones (excluding diaryl/α,β-unsaturated/α-hetero) is 1. The van der Waals surface area contributed by atoms with Crippen molar-refractivity contribution in [3.63, 3.8) is 0 Å². The lowest BCUT2D eigenvalue weighted by Gasteiger charge is -2.18. The number of aryl methyl sites for hydroxylation is 1. The van der Waals surface area contributed by atoms with Crippen molar-refractivity contribution in [3.05, 3.63) is 136 Å². The lowest BCUT2D eigenvalue weighted by Crippen LogP contribution is -2.20. The molecule has 0 heterocycles. The zero-order valence-corrected chi connectivity index (χ0v) is 19.4. The average Bonchev–Trinajstić information content (AvgIpc) is 2.88. The van der Waals surface area contributed by atoms with E-state index in [9.17, 15) is 9.59 Å². The van der Waals surface area contributed by atoms with Gasteiger partial charge in [0.25, 0.3) is 0 Å². The van der Waals surface area contributed by atoms with E-state index in [1.807, 2.05) is 37.3 Å². The van der Waals surface area contributed by atoms with Gasteiger partial charge in [-0.25, -0.2) is 4.79 Å². The van der Waals surface area contributed by atoms with Gasteiger partial charge in [0, 0.05) is 16.1 Å². The Morgan fingerprint density at radius 2 is 1.41 bits per heavy atom. The highest BCUT2D eigenvalue weighted by molar-refractivity contribution is 6.30. The van der Waals surface area contributed by atoms with Crippen LogP contribution in [0, 0.1) is 6.92 Å². The van der Waals surface area contributed by atoms with Gasteiger partial charge in [-0.3, -0.25) is 4.79 Å². The highest BCUT2D eigenvalue weighted by atomic mass is 35.5. The fraction of sp³-hybridized carbons (Fsp3) is 0.103. The molecule has 4 aromatic carbocycles. The quantitative estimate of drug-likeness (QED) is 0.205. The van der Waals surface area contributed by atoms with E-state index in [0.717, 1.165) is 16.9 Å². The fourth-order valence-electron chi connectivity index (χ4n) is 3.38. The van der Waals surface area contributed by atoms with E-state index in [4.69, 9.17) is 21.1 Å². The summed E-state index contributed by atoms with van der Waals surface area (Å²) in [6.45, 7) is 2.39. The molecule has 0 aliphatic carbocycles. The SMILES string of the molecule is Cc1ccc(OCc2ccc(C(=O)O[C@H](C(=O)c3ccccc3)c3ccc(Cl)cc3)cc2)cc1. The van der Waals surface area contributed by atoms with Gasteiger partial charge in [0.2, 0.25) is 5.78 Å². The van der Waals surface area contributed by atoms with Crippen LogP contribution in [0.4, 0.5) is 0 Å². The molecule has 0 aliphatic rings. The number of hydrogen-bond donors (Lipinski definition) is 0. The summed E-state index contributed by atoms with van der Waals surface area (Å²) >= 11 is 6.00. The second kappa shape index (κ2) is 10.8. The Morgan fingerprint density at radius 1 is 0.765 bits per heavy atom. The molecule has 0 radical (unpaired) electrons. The van der Waals surface area contributed by atoms with Crippen LogP contribution < -0.4 is 4.74 Å². The third kappa shape index (κ3) is 5.91. The van der Waals surface area contributed by atoms with Gasteiger partial charge in [-0.05, 0) is 48.9 Å². The molecule has 0 N–H and O–H groups in total. The number of rotatable bonds is 8. The predicted octanol–water partition coefficient (Wildman–Crippen LogP) is 7.01. The van der Waals surface area contributed by atoms with Crippen molar-refractivity contribution in [1.82, 2.24) is 0 Å². The van der Waals surface area contributed by atoms with E-state index >= 15 is 0 Å². The number of carbonyl (C=O) groups excluding carboxylic acids is 2. The summed E-state index contributed by atoms with van der Waals surface area (Å²) in [5, 5.41) is 0.532. The summed E-state index contributed by atoms with van der Waals surface area (Å²) in [5.41, 5.74) is 3.43. The van der Waals surface area contributed by atoms with Crippen molar-refractivity contribution in [2.24, 2.45) is 0 Å². The van der Waals surface area contributed by atoms with Crippen LogP contribution in [0.25, 0.3) is 0 Å².